The molecule has 1 fully saturated rings. The standard InChI is InChI=1S/C29H33FN4O2/c1-3-23(21-10-6-4-7-11-21)28(35)34-17-14-26-24(19-34)27(36-22-12-13-25(30)20(2)18-22)32-29(31-26)33-15-8-5-9-16-33/h4,6-7,10-13,18,23H,3,5,8-9,14-17,19H2,1-2H3/t23-/m1/s1. The Hall–Kier alpha value is -3.48. The summed E-state index contributed by atoms with van der Waals surface area (Å²) in [5.41, 5.74) is 3.30. The molecule has 0 N–H and O–H groups in total. The number of carbonyl (C=O) groups is 1. The summed E-state index contributed by atoms with van der Waals surface area (Å²) in [5, 5.41) is 0. The Kier molecular flexibility index (Phi) is 7.16. The summed E-state index contributed by atoms with van der Waals surface area (Å²) in [5.74, 6) is 1.31. The minimum Gasteiger partial charge on any atom is -0.438 e. The topological polar surface area (TPSA) is 58.6 Å². The van der Waals surface area contributed by atoms with Gasteiger partial charge in [-0.25, -0.2) is 9.37 Å². The first kappa shape index (κ1) is 24.2. The number of rotatable bonds is 6. The van der Waals surface area contributed by atoms with Crippen LogP contribution in [0.2, 0.25) is 0 Å². The van der Waals surface area contributed by atoms with Crippen molar-refractivity contribution in [3.05, 3.63) is 76.7 Å². The van der Waals surface area contributed by atoms with Crippen molar-refractivity contribution in [2.24, 2.45) is 0 Å². The molecule has 188 valence electrons. The second-order valence-corrected chi connectivity index (χ2v) is 9.70. The lowest BCUT2D eigenvalue weighted by atomic mass is 9.94. The zero-order valence-electron chi connectivity index (χ0n) is 21.0. The van der Waals surface area contributed by atoms with Crippen molar-refractivity contribution < 1.29 is 13.9 Å². The van der Waals surface area contributed by atoms with E-state index in [4.69, 9.17) is 14.7 Å². The quantitative estimate of drug-likeness (QED) is 0.440. The number of anilines is 1. The number of carbonyl (C=O) groups excluding carboxylic acids is 1. The number of nitrogens with zero attached hydrogens (tertiary/aromatic N) is 4. The van der Waals surface area contributed by atoms with Gasteiger partial charge in [0.15, 0.2) is 0 Å². The van der Waals surface area contributed by atoms with E-state index in [0.717, 1.165) is 49.2 Å². The number of benzene rings is 2. The number of hydrogen-bond acceptors (Lipinski definition) is 5. The molecular formula is C29H33FN4O2. The highest BCUT2D eigenvalue weighted by molar-refractivity contribution is 5.84. The third-order valence-corrected chi connectivity index (χ3v) is 7.21. The number of fused-ring (bicyclic) bond motifs is 1. The Morgan fingerprint density at radius 1 is 1.06 bits per heavy atom. The number of piperidine rings is 1. The summed E-state index contributed by atoms with van der Waals surface area (Å²) in [7, 11) is 0. The van der Waals surface area contributed by atoms with E-state index >= 15 is 0 Å². The molecule has 5 rings (SSSR count). The summed E-state index contributed by atoms with van der Waals surface area (Å²) < 4.78 is 20.1. The molecule has 2 aromatic carbocycles. The van der Waals surface area contributed by atoms with Crippen molar-refractivity contribution in [1.82, 2.24) is 14.9 Å². The van der Waals surface area contributed by atoms with Gasteiger partial charge in [0.25, 0.3) is 0 Å². The van der Waals surface area contributed by atoms with Crippen molar-refractivity contribution in [2.45, 2.75) is 58.4 Å². The molecule has 0 aliphatic carbocycles. The van der Waals surface area contributed by atoms with Crippen molar-refractivity contribution in [3.63, 3.8) is 0 Å². The van der Waals surface area contributed by atoms with E-state index in [9.17, 15) is 9.18 Å². The average Bonchev–Trinajstić information content (AvgIpc) is 2.92. The Morgan fingerprint density at radius 2 is 1.83 bits per heavy atom. The van der Waals surface area contributed by atoms with Crippen LogP contribution < -0.4 is 9.64 Å². The molecule has 0 spiro atoms. The molecule has 2 aliphatic rings. The van der Waals surface area contributed by atoms with Crippen LogP contribution in [0.25, 0.3) is 0 Å². The lowest BCUT2D eigenvalue weighted by Crippen LogP contribution is -2.40. The van der Waals surface area contributed by atoms with Crippen LogP contribution in [0, 0.1) is 12.7 Å². The Morgan fingerprint density at radius 3 is 2.56 bits per heavy atom. The van der Waals surface area contributed by atoms with E-state index in [2.05, 4.69) is 4.90 Å². The van der Waals surface area contributed by atoms with E-state index in [0.29, 0.717) is 42.7 Å². The van der Waals surface area contributed by atoms with Gasteiger partial charge in [-0.3, -0.25) is 4.79 Å². The predicted molar refractivity (Wildman–Crippen MR) is 138 cm³/mol. The zero-order valence-corrected chi connectivity index (χ0v) is 21.0. The normalized spacial score (nSPS) is 16.4. The molecule has 1 atom stereocenters. The van der Waals surface area contributed by atoms with E-state index < -0.39 is 0 Å². The molecule has 1 saturated heterocycles. The van der Waals surface area contributed by atoms with Crippen LogP contribution in [-0.2, 0) is 17.8 Å². The molecule has 3 aromatic rings. The molecule has 0 radical (unpaired) electrons. The first-order chi connectivity index (χ1) is 17.5. The number of amides is 1. The van der Waals surface area contributed by atoms with Gasteiger partial charge in [0.1, 0.15) is 11.6 Å². The maximum absolute atomic E-state index is 13.9. The van der Waals surface area contributed by atoms with Crippen molar-refractivity contribution in [3.8, 4) is 11.6 Å². The second-order valence-electron chi connectivity index (χ2n) is 9.70. The van der Waals surface area contributed by atoms with Crippen LogP contribution in [0.5, 0.6) is 11.6 Å². The van der Waals surface area contributed by atoms with Gasteiger partial charge in [-0.1, -0.05) is 37.3 Å². The molecule has 36 heavy (non-hydrogen) atoms. The number of aryl methyl sites for hydroxylation is 1. The number of aromatic nitrogens is 2. The third-order valence-electron chi connectivity index (χ3n) is 7.21. The SMILES string of the molecule is CC[C@@H](C(=O)N1CCc2nc(N3CCCCC3)nc(Oc3ccc(F)c(C)c3)c2C1)c1ccccc1. The predicted octanol–water partition coefficient (Wildman–Crippen LogP) is 5.79. The summed E-state index contributed by atoms with van der Waals surface area (Å²) >= 11 is 0. The second kappa shape index (κ2) is 10.6. The molecule has 1 amide bonds. The molecule has 3 heterocycles. The molecule has 1 aromatic heterocycles. The first-order valence-corrected chi connectivity index (χ1v) is 13.0. The molecule has 0 unspecified atom stereocenters. The van der Waals surface area contributed by atoms with Crippen molar-refractivity contribution >= 4 is 11.9 Å². The van der Waals surface area contributed by atoms with Gasteiger partial charge in [0, 0.05) is 26.1 Å². The molecular weight excluding hydrogens is 455 g/mol. The largest absolute Gasteiger partial charge is 0.438 e. The van der Waals surface area contributed by atoms with E-state index in [-0.39, 0.29) is 17.6 Å². The average molecular weight is 489 g/mol. The molecule has 0 saturated carbocycles. The van der Waals surface area contributed by atoms with E-state index in [1.807, 2.05) is 42.2 Å². The summed E-state index contributed by atoms with van der Waals surface area (Å²) in [6.07, 6.45) is 4.84. The number of hydrogen-bond donors (Lipinski definition) is 0. The maximum atomic E-state index is 13.9. The minimum atomic E-state index is -0.274. The number of ether oxygens (including phenoxy) is 1. The van der Waals surface area contributed by atoms with E-state index in [1.165, 1.54) is 12.5 Å². The van der Waals surface area contributed by atoms with Gasteiger partial charge in [0.05, 0.1) is 23.7 Å². The summed E-state index contributed by atoms with van der Waals surface area (Å²) in [6.45, 7) is 6.62. The zero-order chi connectivity index (χ0) is 25.1. The van der Waals surface area contributed by atoms with Crippen LogP contribution in [-0.4, -0.2) is 40.4 Å². The number of halogens is 1. The van der Waals surface area contributed by atoms with Crippen molar-refractivity contribution in [1.29, 1.82) is 0 Å². The highest BCUT2D eigenvalue weighted by atomic mass is 19.1. The van der Waals surface area contributed by atoms with Gasteiger partial charge < -0.3 is 14.5 Å². The Bertz CT molecular complexity index is 1230. The first-order valence-electron chi connectivity index (χ1n) is 13.0. The highest BCUT2D eigenvalue weighted by Crippen LogP contribution is 2.34. The van der Waals surface area contributed by atoms with Crippen LogP contribution in [0.3, 0.4) is 0 Å². The Balaban J connectivity index is 1.47. The van der Waals surface area contributed by atoms with Crippen LogP contribution >= 0.6 is 0 Å². The lowest BCUT2D eigenvalue weighted by Gasteiger charge is -2.33. The van der Waals surface area contributed by atoms with Gasteiger partial charge >= 0.3 is 0 Å². The van der Waals surface area contributed by atoms with Crippen LogP contribution in [0.4, 0.5) is 10.3 Å². The highest BCUT2D eigenvalue weighted by Gasteiger charge is 2.31. The third kappa shape index (κ3) is 5.06. The van der Waals surface area contributed by atoms with Crippen LogP contribution in [0.1, 0.15) is 60.9 Å². The molecule has 7 heteroatoms. The van der Waals surface area contributed by atoms with Gasteiger partial charge in [-0.15, -0.1) is 0 Å². The van der Waals surface area contributed by atoms with E-state index in [1.54, 1.807) is 19.1 Å². The summed E-state index contributed by atoms with van der Waals surface area (Å²) in [6, 6.07) is 14.7. The summed E-state index contributed by atoms with van der Waals surface area (Å²) in [4.78, 5) is 27.5. The molecule has 6 nitrogen and oxygen atoms in total. The van der Waals surface area contributed by atoms with Crippen molar-refractivity contribution in [2.75, 3.05) is 24.5 Å². The maximum Gasteiger partial charge on any atom is 0.230 e. The molecule has 2 aliphatic heterocycles. The fraction of sp³-hybridized carbons (Fsp3) is 0.414. The van der Waals surface area contributed by atoms with Gasteiger partial charge in [-0.2, -0.15) is 4.98 Å². The lowest BCUT2D eigenvalue weighted by molar-refractivity contribution is -0.133. The molecule has 0 bridgehead atoms. The van der Waals surface area contributed by atoms with Gasteiger partial charge in [-0.05, 0) is 61.9 Å². The minimum absolute atomic E-state index is 0.109. The monoisotopic (exact) mass is 488 g/mol. The Labute approximate surface area is 212 Å². The smallest absolute Gasteiger partial charge is 0.230 e. The van der Waals surface area contributed by atoms with Crippen LogP contribution in [0.15, 0.2) is 48.5 Å². The fourth-order valence-electron chi connectivity index (χ4n) is 5.13. The fourth-order valence-corrected chi connectivity index (χ4v) is 5.13. The van der Waals surface area contributed by atoms with Gasteiger partial charge in [0.2, 0.25) is 17.7 Å².